The van der Waals surface area contributed by atoms with Gasteiger partial charge in [0.05, 0.1) is 12.8 Å². The number of hydrogen-bond donors (Lipinski definition) is 1. The van der Waals surface area contributed by atoms with Crippen molar-refractivity contribution in [2.75, 3.05) is 26.4 Å². The van der Waals surface area contributed by atoms with Crippen molar-refractivity contribution in [2.24, 2.45) is 5.92 Å². The molecule has 1 aromatic heterocycles. The van der Waals surface area contributed by atoms with Gasteiger partial charge < -0.3 is 14.8 Å². The predicted octanol–water partition coefficient (Wildman–Crippen LogP) is 2.95. The third kappa shape index (κ3) is 4.18. The smallest absolute Gasteiger partial charge is 0.137 e. The van der Waals surface area contributed by atoms with Gasteiger partial charge in [0.1, 0.15) is 5.75 Å². The SMILES string of the molecule is CCCOc1cncc(C(NCC)C2CCOCC2)c1. The van der Waals surface area contributed by atoms with Gasteiger partial charge in [-0.3, -0.25) is 4.98 Å². The van der Waals surface area contributed by atoms with E-state index < -0.39 is 0 Å². The summed E-state index contributed by atoms with van der Waals surface area (Å²) in [6.07, 6.45) is 6.99. The molecule has 0 aliphatic carbocycles. The molecule has 4 nitrogen and oxygen atoms in total. The standard InChI is InChI=1S/C16H26N2O2/c1-3-7-20-15-10-14(11-17-12-15)16(18-4-2)13-5-8-19-9-6-13/h10-13,16,18H,3-9H2,1-2H3. The van der Waals surface area contributed by atoms with Crippen LogP contribution in [0.25, 0.3) is 0 Å². The molecule has 1 aromatic rings. The van der Waals surface area contributed by atoms with E-state index in [4.69, 9.17) is 9.47 Å². The summed E-state index contributed by atoms with van der Waals surface area (Å²) in [4.78, 5) is 4.34. The summed E-state index contributed by atoms with van der Waals surface area (Å²) >= 11 is 0. The molecule has 1 aliphatic rings. The van der Waals surface area contributed by atoms with Crippen molar-refractivity contribution in [1.82, 2.24) is 10.3 Å². The Hall–Kier alpha value is -1.13. The molecule has 0 radical (unpaired) electrons. The summed E-state index contributed by atoms with van der Waals surface area (Å²) in [6, 6.07) is 2.48. The molecule has 4 heteroatoms. The number of hydrogen-bond acceptors (Lipinski definition) is 4. The lowest BCUT2D eigenvalue weighted by Crippen LogP contribution is -2.32. The predicted molar refractivity (Wildman–Crippen MR) is 80.0 cm³/mol. The molecular formula is C16H26N2O2. The minimum Gasteiger partial charge on any atom is -0.492 e. The van der Waals surface area contributed by atoms with E-state index in [1.165, 1.54) is 5.56 Å². The van der Waals surface area contributed by atoms with E-state index in [0.717, 1.165) is 51.4 Å². The van der Waals surface area contributed by atoms with Crippen LogP contribution in [0.5, 0.6) is 5.75 Å². The van der Waals surface area contributed by atoms with Crippen LogP contribution in [-0.2, 0) is 4.74 Å². The van der Waals surface area contributed by atoms with Crippen molar-refractivity contribution in [3.63, 3.8) is 0 Å². The molecule has 1 atom stereocenters. The van der Waals surface area contributed by atoms with Crippen LogP contribution in [0.3, 0.4) is 0 Å². The highest BCUT2D eigenvalue weighted by atomic mass is 16.5. The Balaban J connectivity index is 2.10. The van der Waals surface area contributed by atoms with E-state index in [1.54, 1.807) is 6.20 Å². The largest absolute Gasteiger partial charge is 0.492 e. The fourth-order valence-corrected chi connectivity index (χ4v) is 2.73. The quantitative estimate of drug-likeness (QED) is 0.833. The number of pyridine rings is 1. The molecule has 0 saturated carbocycles. The minimum atomic E-state index is 0.349. The molecule has 2 heterocycles. The first-order valence-corrected chi connectivity index (χ1v) is 7.74. The van der Waals surface area contributed by atoms with Crippen LogP contribution < -0.4 is 10.1 Å². The Bertz CT molecular complexity index is 392. The van der Waals surface area contributed by atoms with Gasteiger partial charge in [-0.1, -0.05) is 13.8 Å². The highest BCUT2D eigenvalue weighted by molar-refractivity contribution is 5.26. The zero-order chi connectivity index (χ0) is 14.2. The lowest BCUT2D eigenvalue weighted by molar-refractivity contribution is 0.0537. The molecule has 2 rings (SSSR count). The van der Waals surface area contributed by atoms with Gasteiger partial charge in [0.2, 0.25) is 0 Å². The second kappa shape index (κ2) is 8.22. The maximum absolute atomic E-state index is 5.70. The van der Waals surface area contributed by atoms with Crippen LogP contribution in [0.4, 0.5) is 0 Å². The van der Waals surface area contributed by atoms with Gasteiger partial charge in [-0.15, -0.1) is 0 Å². The van der Waals surface area contributed by atoms with Crippen LogP contribution in [-0.4, -0.2) is 31.3 Å². The molecular weight excluding hydrogens is 252 g/mol. The van der Waals surface area contributed by atoms with E-state index >= 15 is 0 Å². The maximum atomic E-state index is 5.70. The molecule has 0 spiro atoms. The lowest BCUT2D eigenvalue weighted by atomic mass is 9.87. The van der Waals surface area contributed by atoms with Crippen LogP contribution in [0, 0.1) is 5.92 Å². The third-order valence-corrected chi connectivity index (χ3v) is 3.73. The summed E-state index contributed by atoms with van der Waals surface area (Å²) in [5.41, 5.74) is 1.23. The van der Waals surface area contributed by atoms with E-state index in [2.05, 4.69) is 30.2 Å². The normalized spacial score (nSPS) is 17.9. The van der Waals surface area contributed by atoms with Crippen LogP contribution in [0.2, 0.25) is 0 Å². The molecule has 0 amide bonds. The highest BCUT2D eigenvalue weighted by Gasteiger charge is 2.25. The molecule has 1 fully saturated rings. The second-order valence-electron chi connectivity index (χ2n) is 5.29. The molecule has 20 heavy (non-hydrogen) atoms. The lowest BCUT2D eigenvalue weighted by Gasteiger charge is -2.31. The molecule has 0 aromatic carbocycles. The van der Waals surface area contributed by atoms with Gasteiger partial charge in [-0.25, -0.2) is 0 Å². The molecule has 1 N–H and O–H groups in total. The van der Waals surface area contributed by atoms with Crippen LogP contribution in [0.15, 0.2) is 18.5 Å². The van der Waals surface area contributed by atoms with Crippen molar-refractivity contribution < 1.29 is 9.47 Å². The van der Waals surface area contributed by atoms with E-state index in [-0.39, 0.29) is 0 Å². The summed E-state index contributed by atoms with van der Waals surface area (Å²) in [5.74, 6) is 1.49. The fourth-order valence-electron chi connectivity index (χ4n) is 2.73. The van der Waals surface area contributed by atoms with E-state index in [0.29, 0.717) is 12.0 Å². The van der Waals surface area contributed by atoms with Crippen LogP contribution >= 0.6 is 0 Å². The number of rotatable bonds is 7. The number of ether oxygens (including phenoxy) is 2. The van der Waals surface area contributed by atoms with Gasteiger partial charge in [0.25, 0.3) is 0 Å². The van der Waals surface area contributed by atoms with Crippen molar-refractivity contribution in [1.29, 1.82) is 0 Å². The van der Waals surface area contributed by atoms with Crippen molar-refractivity contribution >= 4 is 0 Å². The van der Waals surface area contributed by atoms with Crippen LogP contribution in [0.1, 0.15) is 44.7 Å². The summed E-state index contributed by atoms with van der Waals surface area (Å²) < 4.78 is 11.2. The highest BCUT2D eigenvalue weighted by Crippen LogP contribution is 2.31. The Labute approximate surface area is 121 Å². The molecule has 1 aliphatic heterocycles. The monoisotopic (exact) mass is 278 g/mol. The summed E-state index contributed by atoms with van der Waals surface area (Å²) in [6.45, 7) is 7.70. The topological polar surface area (TPSA) is 43.4 Å². The first kappa shape index (κ1) is 15.3. The number of nitrogens with one attached hydrogen (secondary N) is 1. The summed E-state index contributed by atoms with van der Waals surface area (Å²) in [7, 11) is 0. The maximum Gasteiger partial charge on any atom is 0.137 e. The molecule has 0 bridgehead atoms. The third-order valence-electron chi connectivity index (χ3n) is 3.73. The number of nitrogens with zero attached hydrogens (tertiary/aromatic N) is 1. The minimum absolute atomic E-state index is 0.349. The Morgan fingerprint density at radius 1 is 1.35 bits per heavy atom. The molecule has 1 saturated heterocycles. The average Bonchev–Trinajstić information content (AvgIpc) is 2.52. The number of aromatic nitrogens is 1. The zero-order valence-corrected chi connectivity index (χ0v) is 12.6. The van der Waals surface area contributed by atoms with Crippen molar-refractivity contribution in [3.8, 4) is 5.75 Å². The fraction of sp³-hybridized carbons (Fsp3) is 0.688. The molecule has 112 valence electrons. The van der Waals surface area contributed by atoms with Gasteiger partial charge >= 0.3 is 0 Å². The van der Waals surface area contributed by atoms with Gasteiger partial charge in [-0.2, -0.15) is 0 Å². The van der Waals surface area contributed by atoms with Gasteiger partial charge in [-0.05, 0) is 43.4 Å². The second-order valence-corrected chi connectivity index (χ2v) is 5.29. The molecule has 1 unspecified atom stereocenters. The zero-order valence-electron chi connectivity index (χ0n) is 12.6. The summed E-state index contributed by atoms with van der Waals surface area (Å²) in [5, 5.41) is 3.60. The van der Waals surface area contributed by atoms with E-state index in [9.17, 15) is 0 Å². The first-order valence-electron chi connectivity index (χ1n) is 7.74. The van der Waals surface area contributed by atoms with Crippen molar-refractivity contribution in [3.05, 3.63) is 24.0 Å². The Kier molecular flexibility index (Phi) is 6.27. The first-order chi connectivity index (χ1) is 9.85. The van der Waals surface area contributed by atoms with Gasteiger partial charge in [0.15, 0.2) is 0 Å². The van der Waals surface area contributed by atoms with Crippen molar-refractivity contribution in [2.45, 2.75) is 39.2 Å². The van der Waals surface area contributed by atoms with E-state index in [1.807, 2.05) is 6.20 Å². The van der Waals surface area contributed by atoms with Gasteiger partial charge in [0, 0.05) is 25.5 Å². The Morgan fingerprint density at radius 2 is 2.15 bits per heavy atom. The average molecular weight is 278 g/mol. The Morgan fingerprint density at radius 3 is 2.85 bits per heavy atom.